The lowest BCUT2D eigenvalue weighted by Crippen LogP contribution is -1.84. The van der Waals surface area contributed by atoms with Crippen LogP contribution in [0.5, 0.6) is 0 Å². The van der Waals surface area contributed by atoms with Gasteiger partial charge in [0.2, 0.25) is 0 Å². The summed E-state index contributed by atoms with van der Waals surface area (Å²) in [4.78, 5) is 0. The Morgan fingerprint density at radius 3 is 2.50 bits per heavy atom. The molecule has 12 heavy (non-hydrogen) atoms. The Kier molecular flexibility index (Phi) is 4.30. The van der Waals surface area contributed by atoms with E-state index in [4.69, 9.17) is 0 Å². The second kappa shape index (κ2) is 5.03. The highest BCUT2D eigenvalue weighted by Gasteiger charge is 1.97. The van der Waals surface area contributed by atoms with Crippen LogP contribution in [0.3, 0.4) is 0 Å². The maximum absolute atomic E-state index is 3.82. The zero-order valence-corrected chi connectivity index (χ0v) is 9.99. The van der Waals surface area contributed by atoms with Gasteiger partial charge in [0.05, 0.1) is 0 Å². The third-order valence-corrected chi connectivity index (χ3v) is 3.58. The summed E-state index contributed by atoms with van der Waals surface area (Å²) in [5, 5.41) is 0. The second-order valence-electron chi connectivity index (χ2n) is 2.71. The number of halogens is 2. The first-order chi connectivity index (χ1) is 5.74. The first-order valence-electron chi connectivity index (χ1n) is 3.97. The summed E-state index contributed by atoms with van der Waals surface area (Å²) < 4.78 is 2.24. The van der Waals surface area contributed by atoms with Gasteiger partial charge in [-0.25, -0.2) is 0 Å². The molecule has 0 aliphatic heterocycles. The van der Waals surface area contributed by atoms with Gasteiger partial charge < -0.3 is 0 Å². The van der Waals surface area contributed by atoms with Gasteiger partial charge in [-0.1, -0.05) is 19.4 Å². The molecule has 1 radical (unpaired) electrons. The van der Waals surface area contributed by atoms with Gasteiger partial charge in [-0.2, -0.15) is 0 Å². The molecule has 0 saturated carbocycles. The zero-order valence-electron chi connectivity index (χ0n) is 6.82. The van der Waals surface area contributed by atoms with Crippen molar-refractivity contribution in [1.82, 2.24) is 0 Å². The van der Waals surface area contributed by atoms with E-state index in [0.717, 1.165) is 28.2 Å². The van der Waals surface area contributed by atoms with Crippen LogP contribution in [0.25, 0.3) is 0 Å². The van der Waals surface area contributed by atoms with Crippen LogP contribution in [0.4, 0.5) is 0 Å². The highest BCUT2D eigenvalue weighted by atomic mass is 79.9. The lowest BCUT2D eigenvalue weighted by molar-refractivity contribution is 0.840. The molecule has 0 amide bonds. The van der Waals surface area contributed by atoms with E-state index >= 15 is 0 Å². The Morgan fingerprint density at radius 2 is 1.92 bits per heavy atom. The van der Waals surface area contributed by atoms with E-state index in [1.165, 1.54) is 5.56 Å². The molecule has 1 rings (SSSR count). The standard InChI is InChI=1S/C10H11Br2/c1-2-3-4-8-5-6-9(11)10(12)7-8/h5-7H,1-4H2. The van der Waals surface area contributed by atoms with Crippen molar-refractivity contribution in [3.05, 3.63) is 39.6 Å². The SMILES string of the molecule is [CH2]CCCc1ccc(Br)c(Br)c1. The first-order valence-corrected chi connectivity index (χ1v) is 5.56. The molecule has 0 atom stereocenters. The fourth-order valence-corrected chi connectivity index (χ4v) is 1.70. The van der Waals surface area contributed by atoms with Crippen molar-refractivity contribution >= 4 is 31.9 Å². The highest BCUT2D eigenvalue weighted by Crippen LogP contribution is 2.24. The summed E-state index contributed by atoms with van der Waals surface area (Å²) in [7, 11) is 0. The van der Waals surface area contributed by atoms with Gasteiger partial charge in [-0.3, -0.25) is 0 Å². The molecule has 0 unspecified atom stereocenters. The van der Waals surface area contributed by atoms with Crippen molar-refractivity contribution < 1.29 is 0 Å². The van der Waals surface area contributed by atoms with E-state index in [-0.39, 0.29) is 0 Å². The molecule has 0 aromatic heterocycles. The van der Waals surface area contributed by atoms with E-state index in [1.54, 1.807) is 0 Å². The average molecular weight is 291 g/mol. The van der Waals surface area contributed by atoms with Crippen LogP contribution < -0.4 is 0 Å². The highest BCUT2D eigenvalue weighted by molar-refractivity contribution is 9.13. The summed E-state index contributed by atoms with van der Waals surface area (Å²) in [5.74, 6) is 0. The number of aryl methyl sites for hydroxylation is 1. The van der Waals surface area contributed by atoms with Crippen molar-refractivity contribution in [2.24, 2.45) is 0 Å². The minimum atomic E-state index is 1.01. The number of hydrogen-bond donors (Lipinski definition) is 0. The molecule has 1 aromatic carbocycles. The quantitative estimate of drug-likeness (QED) is 0.775. The molecule has 0 aliphatic rings. The van der Waals surface area contributed by atoms with E-state index in [0.29, 0.717) is 0 Å². The third kappa shape index (κ3) is 2.91. The molecule has 0 fully saturated rings. The summed E-state index contributed by atoms with van der Waals surface area (Å²) in [6.45, 7) is 3.82. The van der Waals surface area contributed by atoms with E-state index < -0.39 is 0 Å². The topological polar surface area (TPSA) is 0 Å². The summed E-state index contributed by atoms with van der Waals surface area (Å²) in [5.41, 5.74) is 1.37. The van der Waals surface area contributed by atoms with Gasteiger partial charge in [0.25, 0.3) is 0 Å². The lowest BCUT2D eigenvalue weighted by Gasteiger charge is -2.01. The minimum Gasteiger partial charge on any atom is -0.0578 e. The monoisotopic (exact) mass is 289 g/mol. The van der Waals surface area contributed by atoms with Crippen molar-refractivity contribution in [1.29, 1.82) is 0 Å². The molecule has 65 valence electrons. The molecular formula is C10H11Br2. The number of benzene rings is 1. The Bertz CT molecular complexity index is 256. The predicted octanol–water partition coefficient (Wildman–Crippen LogP) is 4.37. The number of unbranched alkanes of at least 4 members (excludes halogenated alkanes) is 1. The Labute approximate surface area is 90.6 Å². The van der Waals surface area contributed by atoms with Gasteiger partial charge in [0.1, 0.15) is 0 Å². The molecule has 0 spiro atoms. The number of rotatable bonds is 3. The maximum atomic E-state index is 3.82. The van der Waals surface area contributed by atoms with E-state index in [9.17, 15) is 0 Å². The second-order valence-corrected chi connectivity index (χ2v) is 4.41. The average Bonchev–Trinajstić information content (AvgIpc) is 2.07. The molecule has 0 bridgehead atoms. The summed E-state index contributed by atoms with van der Waals surface area (Å²) in [6, 6.07) is 6.37. The molecule has 0 heterocycles. The van der Waals surface area contributed by atoms with Crippen molar-refractivity contribution in [2.75, 3.05) is 0 Å². The van der Waals surface area contributed by atoms with Gasteiger partial charge in [0, 0.05) is 8.95 Å². The van der Waals surface area contributed by atoms with Gasteiger partial charge in [-0.15, -0.1) is 0 Å². The zero-order chi connectivity index (χ0) is 8.97. The molecule has 2 heteroatoms. The molecule has 0 N–H and O–H groups in total. The van der Waals surface area contributed by atoms with Crippen molar-refractivity contribution in [2.45, 2.75) is 19.3 Å². The summed E-state index contributed by atoms with van der Waals surface area (Å²) in [6.07, 6.45) is 3.29. The van der Waals surface area contributed by atoms with Crippen LogP contribution in [0.1, 0.15) is 18.4 Å². The van der Waals surface area contributed by atoms with Crippen LogP contribution in [0.2, 0.25) is 0 Å². The van der Waals surface area contributed by atoms with Crippen molar-refractivity contribution in [3.63, 3.8) is 0 Å². The molecule has 0 nitrogen and oxygen atoms in total. The fourth-order valence-electron chi connectivity index (χ4n) is 1.02. The van der Waals surface area contributed by atoms with Gasteiger partial charge >= 0.3 is 0 Å². The first kappa shape index (κ1) is 10.3. The molecule has 1 aromatic rings. The van der Waals surface area contributed by atoms with Crippen LogP contribution in [-0.2, 0) is 6.42 Å². The fraction of sp³-hybridized carbons (Fsp3) is 0.300. The smallest absolute Gasteiger partial charge is 0.0320 e. The number of hydrogen-bond acceptors (Lipinski definition) is 0. The molecule has 0 aliphatic carbocycles. The van der Waals surface area contributed by atoms with Crippen LogP contribution in [0, 0.1) is 6.92 Å². The third-order valence-electron chi connectivity index (χ3n) is 1.70. The normalized spacial score (nSPS) is 10.2. The largest absolute Gasteiger partial charge is 0.0578 e. The molecular weight excluding hydrogens is 280 g/mol. The Hall–Kier alpha value is 0.180. The van der Waals surface area contributed by atoms with Gasteiger partial charge in [-0.05, 0) is 62.4 Å². The van der Waals surface area contributed by atoms with Crippen LogP contribution in [0.15, 0.2) is 27.1 Å². The van der Waals surface area contributed by atoms with Crippen LogP contribution in [-0.4, -0.2) is 0 Å². The van der Waals surface area contributed by atoms with E-state index in [2.05, 4.69) is 57.0 Å². The van der Waals surface area contributed by atoms with Crippen LogP contribution >= 0.6 is 31.9 Å². The Balaban J connectivity index is 2.69. The maximum Gasteiger partial charge on any atom is 0.0320 e. The minimum absolute atomic E-state index is 1.01. The summed E-state index contributed by atoms with van der Waals surface area (Å²) >= 11 is 6.91. The lowest BCUT2D eigenvalue weighted by atomic mass is 10.1. The predicted molar refractivity (Wildman–Crippen MR) is 60.1 cm³/mol. The van der Waals surface area contributed by atoms with Crippen molar-refractivity contribution in [3.8, 4) is 0 Å². The Morgan fingerprint density at radius 1 is 1.17 bits per heavy atom. The van der Waals surface area contributed by atoms with Gasteiger partial charge in [0.15, 0.2) is 0 Å². The molecule has 0 saturated heterocycles. The van der Waals surface area contributed by atoms with E-state index in [1.807, 2.05) is 0 Å².